The van der Waals surface area contributed by atoms with Crippen molar-refractivity contribution < 1.29 is 23.1 Å². The second-order valence-corrected chi connectivity index (χ2v) is 4.03. The zero-order chi connectivity index (χ0) is 12.5. The van der Waals surface area contributed by atoms with Gasteiger partial charge < -0.3 is 5.11 Å². The molecule has 16 heavy (non-hydrogen) atoms. The molecule has 0 aliphatic heterocycles. The van der Waals surface area contributed by atoms with Crippen molar-refractivity contribution in [1.82, 2.24) is 0 Å². The van der Waals surface area contributed by atoms with Crippen LogP contribution >= 0.6 is 27.5 Å². The van der Waals surface area contributed by atoms with Gasteiger partial charge in [0, 0.05) is 5.56 Å². The van der Waals surface area contributed by atoms with Gasteiger partial charge >= 0.3 is 6.18 Å². The van der Waals surface area contributed by atoms with Crippen molar-refractivity contribution in [1.29, 1.82) is 0 Å². The molecule has 0 heterocycles. The van der Waals surface area contributed by atoms with Gasteiger partial charge in [-0.15, -0.1) is 11.6 Å². The van der Waals surface area contributed by atoms with E-state index < -0.39 is 29.2 Å². The Morgan fingerprint density at radius 2 is 2.00 bits per heavy atom. The third-order valence-electron chi connectivity index (χ3n) is 1.81. The highest BCUT2D eigenvalue weighted by Crippen LogP contribution is 2.40. The van der Waals surface area contributed by atoms with Crippen molar-refractivity contribution in [3.8, 4) is 5.75 Å². The molecule has 1 aromatic rings. The molecule has 0 aliphatic carbocycles. The van der Waals surface area contributed by atoms with Gasteiger partial charge in [0.15, 0.2) is 5.78 Å². The van der Waals surface area contributed by atoms with Crippen LogP contribution in [0, 0.1) is 0 Å². The normalized spacial score (nSPS) is 11.6. The van der Waals surface area contributed by atoms with E-state index in [1.807, 2.05) is 0 Å². The minimum Gasteiger partial charge on any atom is -0.506 e. The van der Waals surface area contributed by atoms with Crippen LogP contribution < -0.4 is 0 Å². The molecule has 0 saturated heterocycles. The van der Waals surface area contributed by atoms with Crippen LogP contribution in [-0.2, 0) is 6.18 Å². The summed E-state index contributed by atoms with van der Waals surface area (Å²) in [7, 11) is 0. The van der Waals surface area contributed by atoms with Crippen LogP contribution in [0.1, 0.15) is 15.9 Å². The van der Waals surface area contributed by atoms with E-state index in [2.05, 4.69) is 15.9 Å². The Balaban J connectivity index is 3.39. The highest BCUT2D eigenvalue weighted by molar-refractivity contribution is 9.10. The summed E-state index contributed by atoms with van der Waals surface area (Å²) in [6, 6.07) is 1.67. The topological polar surface area (TPSA) is 37.3 Å². The quantitative estimate of drug-likeness (QED) is 0.668. The monoisotopic (exact) mass is 316 g/mol. The third kappa shape index (κ3) is 2.68. The number of phenolic OH excluding ortho intramolecular Hbond substituents is 1. The summed E-state index contributed by atoms with van der Waals surface area (Å²) < 4.78 is 37.2. The Morgan fingerprint density at radius 1 is 1.44 bits per heavy atom. The zero-order valence-corrected chi connectivity index (χ0v) is 9.95. The van der Waals surface area contributed by atoms with Crippen LogP contribution in [0.25, 0.3) is 0 Å². The molecule has 0 atom stereocenters. The van der Waals surface area contributed by atoms with Gasteiger partial charge in [0.05, 0.1) is 15.9 Å². The molecule has 1 aromatic carbocycles. The number of ketones is 1. The molecule has 0 amide bonds. The highest BCUT2D eigenvalue weighted by atomic mass is 79.9. The first kappa shape index (κ1) is 13.3. The van der Waals surface area contributed by atoms with E-state index in [0.29, 0.717) is 6.07 Å². The molecule has 88 valence electrons. The molecule has 0 unspecified atom stereocenters. The summed E-state index contributed by atoms with van der Waals surface area (Å²) in [5.41, 5.74) is -1.47. The molecule has 1 N–H and O–H groups in total. The second-order valence-electron chi connectivity index (χ2n) is 2.91. The summed E-state index contributed by atoms with van der Waals surface area (Å²) in [5.74, 6) is -2.01. The number of carbonyl (C=O) groups is 1. The zero-order valence-electron chi connectivity index (χ0n) is 7.61. The average molecular weight is 317 g/mol. The number of phenols is 1. The van der Waals surface area contributed by atoms with Gasteiger partial charge in [-0.05, 0) is 28.1 Å². The Bertz CT molecular complexity index is 431. The number of hydrogen-bond acceptors (Lipinski definition) is 2. The molecule has 0 radical (unpaired) electrons. The van der Waals surface area contributed by atoms with E-state index in [9.17, 15) is 23.1 Å². The number of alkyl halides is 4. The molecular weight excluding hydrogens is 312 g/mol. The number of halogens is 5. The lowest BCUT2D eigenvalue weighted by Crippen LogP contribution is -2.09. The first-order chi connectivity index (χ1) is 7.27. The first-order valence-corrected chi connectivity index (χ1v) is 5.29. The van der Waals surface area contributed by atoms with Crippen LogP contribution in [0.5, 0.6) is 5.75 Å². The third-order valence-corrected chi connectivity index (χ3v) is 2.66. The molecule has 1 rings (SSSR count). The maximum Gasteiger partial charge on any atom is 0.420 e. The smallest absolute Gasteiger partial charge is 0.420 e. The SMILES string of the molecule is O=C(CCl)c1cc(Br)c(O)c(C(F)(F)F)c1. The number of rotatable bonds is 2. The number of Topliss-reactive ketones (excluding diaryl/α,β-unsaturated/α-hetero) is 1. The first-order valence-electron chi connectivity index (χ1n) is 3.96. The van der Waals surface area contributed by atoms with Gasteiger partial charge in [0.25, 0.3) is 0 Å². The molecule has 0 saturated carbocycles. The van der Waals surface area contributed by atoms with Gasteiger partial charge in [-0.1, -0.05) is 0 Å². The Morgan fingerprint density at radius 3 is 2.44 bits per heavy atom. The summed E-state index contributed by atoms with van der Waals surface area (Å²) in [6.45, 7) is 0. The van der Waals surface area contributed by atoms with E-state index >= 15 is 0 Å². The second kappa shape index (κ2) is 4.63. The summed E-state index contributed by atoms with van der Waals surface area (Å²) in [6.07, 6.45) is -4.73. The lowest BCUT2D eigenvalue weighted by atomic mass is 10.1. The summed E-state index contributed by atoms with van der Waals surface area (Å²) >= 11 is 7.98. The molecule has 0 bridgehead atoms. The van der Waals surface area contributed by atoms with Crippen molar-refractivity contribution in [2.45, 2.75) is 6.18 Å². The van der Waals surface area contributed by atoms with E-state index in [1.54, 1.807) is 0 Å². The molecule has 0 aliphatic rings. The van der Waals surface area contributed by atoms with Crippen molar-refractivity contribution >= 4 is 33.3 Å². The maximum atomic E-state index is 12.5. The fraction of sp³-hybridized carbons (Fsp3) is 0.222. The standard InChI is InChI=1S/C9H5BrClF3O2/c10-6-2-4(7(15)3-11)1-5(8(6)16)9(12,13)14/h1-2,16H,3H2. The predicted molar refractivity (Wildman–Crippen MR) is 55.9 cm³/mol. The minimum atomic E-state index is -4.73. The fourth-order valence-electron chi connectivity index (χ4n) is 1.05. The lowest BCUT2D eigenvalue weighted by molar-refractivity contribution is -0.138. The van der Waals surface area contributed by atoms with Crippen LogP contribution in [-0.4, -0.2) is 16.8 Å². The van der Waals surface area contributed by atoms with E-state index in [0.717, 1.165) is 6.07 Å². The van der Waals surface area contributed by atoms with E-state index in [-0.39, 0.29) is 10.0 Å². The van der Waals surface area contributed by atoms with Gasteiger partial charge in [-0.25, -0.2) is 0 Å². The molecule has 2 nitrogen and oxygen atoms in total. The number of benzene rings is 1. The molecular formula is C9H5BrClF3O2. The fourth-order valence-corrected chi connectivity index (χ4v) is 1.67. The Hall–Kier alpha value is -0.750. The maximum absolute atomic E-state index is 12.5. The van der Waals surface area contributed by atoms with Crippen LogP contribution in [0.15, 0.2) is 16.6 Å². The van der Waals surface area contributed by atoms with Crippen molar-refractivity contribution in [3.63, 3.8) is 0 Å². The molecule has 0 spiro atoms. The van der Waals surface area contributed by atoms with Gasteiger partial charge in [0.1, 0.15) is 5.75 Å². The van der Waals surface area contributed by atoms with Crippen molar-refractivity contribution in [2.75, 3.05) is 5.88 Å². The molecule has 7 heteroatoms. The largest absolute Gasteiger partial charge is 0.506 e. The Kier molecular flexibility index (Phi) is 3.85. The van der Waals surface area contributed by atoms with Gasteiger partial charge in [-0.3, -0.25) is 4.79 Å². The van der Waals surface area contributed by atoms with Crippen LogP contribution in [0.2, 0.25) is 0 Å². The molecule has 0 fully saturated rings. The summed E-state index contributed by atoms with van der Waals surface area (Å²) in [4.78, 5) is 11.2. The highest BCUT2D eigenvalue weighted by Gasteiger charge is 2.35. The summed E-state index contributed by atoms with van der Waals surface area (Å²) in [5, 5.41) is 9.20. The minimum absolute atomic E-state index is 0.198. The average Bonchev–Trinajstić information content (AvgIpc) is 2.18. The van der Waals surface area contributed by atoms with Gasteiger partial charge in [0.2, 0.25) is 0 Å². The number of aromatic hydroxyl groups is 1. The lowest BCUT2D eigenvalue weighted by Gasteiger charge is -2.11. The van der Waals surface area contributed by atoms with Gasteiger partial charge in [-0.2, -0.15) is 13.2 Å². The number of carbonyl (C=O) groups excluding carboxylic acids is 1. The Labute approximate surface area is 102 Å². The van der Waals surface area contributed by atoms with Crippen molar-refractivity contribution in [2.24, 2.45) is 0 Å². The van der Waals surface area contributed by atoms with Crippen LogP contribution in [0.4, 0.5) is 13.2 Å². The van der Waals surface area contributed by atoms with E-state index in [4.69, 9.17) is 11.6 Å². The van der Waals surface area contributed by atoms with Crippen LogP contribution in [0.3, 0.4) is 0 Å². The molecule has 0 aromatic heterocycles. The van der Waals surface area contributed by atoms with E-state index in [1.165, 1.54) is 0 Å². The van der Waals surface area contributed by atoms with Crippen molar-refractivity contribution in [3.05, 3.63) is 27.7 Å². The number of hydrogen-bond donors (Lipinski definition) is 1. The predicted octanol–water partition coefficient (Wildman–Crippen LogP) is 3.60.